The third kappa shape index (κ3) is 16.3. The summed E-state index contributed by atoms with van der Waals surface area (Å²) in [5.74, 6) is -3.56. The number of alkyl carbamates (subject to hydrolysis) is 3. The van der Waals surface area contributed by atoms with Crippen LogP contribution in [0.2, 0.25) is 0 Å². The number of aromatic hydroxyl groups is 2. The summed E-state index contributed by atoms with van der Waals surface area (Å²) >= 11 is 0. The fourth-order valence-electron chi connectivity index (χ4n) is 7.07. The van der Waals surface area contributed by atoms with Gasteiger partial charge in [-0.2, -0.15) is 0 Å². The number of hydrogen-bond acceptors (Lipinski definition) is 13. The van der Waals surface area contributed by atoms with Gasteiger partial charge in [0.25, 0.3) is 0 Å². The third-order valence-electron chi connectivity index (χ3n) is 9.89. The van der Waals surface area contributed by atoms with E-state index in [4.69, 9.17) is 14.2 Å². The summed E-state index contributed by atoms with van der Waals surface area (Å²) in [5, 5.41) is 48.6. The largest absolute Gasteiger partial charge is 0.508 e. The molecule has 5 atom stereocenters. The Hall–Kier alpha value is -6.31. The zero-order valence-corrected chi connectivity index (χ0v) is 38.6. The van der Waals surface area contributed by atoms with Crippen molar-refractivity contribution in [2.24, 2.45) is 0 Å². The number of carbonyl (C=O) groups excluding carboxylic acids is 7. The van der Waals surface area contributed by atoms with Gasteiger partial charge in [0.2, 0.25) is 23.6 Å². The van der Waals surface area contributed by atoms with E-state index in [2.05, 4.69) is 31.9 Å². The van der Waals surface area contributed by atoms with Crippen LogP contribution in [0.4, 0.5) is 14.4 Å². The highest BCUT2D eigenvalue weighted by molar-refractivity contribution is 5.96. The number of carbonyl (C=O) groups is 7. The van der Waals surface area contributed by atoms with Gasteiger partial charge >= 0.3 is 18.3 Å². The van der Waals surface area contributed by atoms with Crippen molar-refractivity contribution >= 4 is 41.9 Å². The van der Waals surface area contributed by atoms with E-state index in [1.807, 2.05) is 0 Å². The average molecular weight is 912 g/mol. The lowest BCUT2D eigenvalue weighted by Crippen LogP contribution is -2.59. The van der Waals surface area contributed by atoms with Gasteiger partial charge in [-0.1, -0.05) is 12.1 Å². The van der Waals surface area contributed by atoms with Gasteiger partial charge in [-0.25, -0.2) is 14.4 Å². The van der Waals surface area contributed by atoms with Crippen molar-refractivity contribution in [1.29, 1.82) is 0 Å². The summed E-state index contributed by atoms with van der Waals surface area (Å²) < 4.78 is 16.0. The van der Waals surface area contributed by atoms with Gasteiger partial charge < -0.3 is 66.3 Å². The second-order valence-electron chi connectivity index (χ2n) is 19.1. The minimum atomic E-state index is -1.49. The van der Waals surface area contributed by atoms with Gasteiger partial charge in [-0.15, -0.1) is 0 Å². The second-order valence-corrected chi connectivity index (χ2v) is 19.1. The monoisotopic (exact) mass is 911 g/mol. The average Bonchev–Trinajstić information content (AvgIpc) is 3.57. The maximum Gasteiger partial charge on any atom is 0.408 e. The first-order valence-electron chi connectivity index (χ1n) is 21.6. The first-order chi connectivity index (χ1) is 30.2. The predicted molar refractivity (Wildman–Crippen MR) is 236 cm³/mol. The maximum atomic E-state index is 14.7. The molecular formula is C45H65N7O13. The molecule has 1 saturated heterocycles. The van der Waals surface area contributed by atoms with Gasteiger partial charge in [-0.3, -0.25) is 19.2 Å². The maximum absolute atomic E-state index is 14.7. The fraction of sp³-hybridized carbons (Fsp3) is 0.578. The number of hydrogen-bond donors (Lipinski definition) is 9. The topological polar surface area (TPSA) is 283 Å². The number of β-amino-alcohol motifs (C(OH)–C–C–N with tert-alkyl or cyclic N) is 1. The highest BCUT2D eigenvalue weighted by Gasteiger charge is 2.42. The third-order valence-corrected chi connectivity index (χ3v) is 9.89. The summed E-state index contributed by atoms with van der Waals surface area (Å²) in [6.45, 7) is 14.8. The van der Waals surface area contributed by atoms with Crippen molar-refractivity contribution in [2.75, 3.05) is 26.2 Å². The highest BCUT2D eigenvalue weighted by Crippen LogP contribution is 2.32. The molecule has 65 heavy (non-hydrogen) atoms. The number of fused-ring (bicyclic) bond motifs is 5. The molecular weight excluding hydrogens is 847 g/mol. The van der Waals surface area contributed by atoms with Crippen LogP contribution in [-0.4, -0.2) is 135 Å². The van der Waals surface area contributed by atoms with Crippen LogP contribution in [0, 0.1) is 0 Å². The van der Waals surface area contributed by atoms with Crippen molar-refractivity contribution in [3.63, 3.8) is 0 Å². The Morgan fingerprint density at radius 1 is 0.692 bits per heavy atom. The number of benzene rings is 2. The number of nitrogens with one attached hydrogen (secondary N) is 6. The molecule has 2 aliphatic rings. The summed E-state index contributed by atoms with van der Waals surface area (Å²) in [7, 11) is 0. The van der Waals surface area contributed by atoms with Crippen LogP contribution in [0.25, 0.3) is 11.1 Å². The number of rotatable bonds is 10. The predicted octanol–water partition coefficient (Wildman–Crippen LogP) is 2.63. The molecule has 4 bridgehead atoms. The smallest absolute Gasteiger partial charge is 0.408 e. The van der Waals surface area contributed by atoms with Crippen LogP contribution < -0.4 is 31.9 Å². The number of ether oxygens (including phenoxy) is 3. The number of phenolic OH excluding ortho intramolecular Hbond substituents is 2. The molecule has 0 saturated carbocycles. The van der Waals surface area contributed by atoms with Crippen molar-refractivity contribution in [2.45, 2.75) is 141 Å². The van der Waals surface area contributed by atoms with Gasteiger partial charge in [0.15, 0.2) is 0 Å². The molecule has 2 aliphatic heterocycles. The summed E-state index contributed by atoms with van der Waals surface area (Å²) in [4.78, 5) is 95.7. The molecule has 2 heterocycles. The molecule has 20 nitrogen and oxygen atoms in total. The molecule has 4 rings (SSSR count). The number of likely N-dealkylation sites (tertiary alicyclic amines) is 1. The summed E-state index contributed by atoms with van der Waals surface area (Å²) in [6.07, 6.45) is -4.20. The first-order valence-corrected chi connectivity index (χ1v) is 21.6. The second kappa shape index (κ2) is 21.6. The Morgan fingerprint density at radius 3 is 1.75 bits per heavy atom. The SMILES string of the molecule is CC(C)(C)OC(=O)NCCC[C@@H]1NC(=O)[C@@H](NC(=O)OC(C)(C)C)Cc2cc(ccc2O)-c2ccc(O)c(c2)C[C@@H](C(=O)N2C[C@H](O)C[C@H]2C(=O)NCCNC(=O)OC(C)(C)C)NC1=O. The number of phenols is 2. The molecule has 1 fully saturated rings. The van der Waals surface area contributed by atoms with Crippen LogP contribution in [0.1, 0.15) is 92.7 Å². The van der Waals surface area contributed by atoms with E-state index in [-0.39, 0.29) is 80.9 Å². The van der Waals surface area contributed by atoms with E-state index in [1.165, 1.54) is 12.1 Å². The van der Waals surface area contributed by atoms with Gasteiger partial charge in [0.1, 0.15) is 52.5 Å². The molecule has 20 heteroatoms. The standard InChI is InChI=1S/C45H65N7O13/c1-43(2,3)63-40(60)47-16-10-11-30-36(56)50-32(39(59)52-24-29(53)23-33(52)38(58)46-17-18-48-41(61)64-44(4,5)6)22-28-20-26(13-15-35(28)55)25-12-14-34(54)27(19-25)21-31(37(57)49-30)51-42(62)65-45(7,8)9/h12-15,19-20,29-33,53-55H,10-11,16-18,21-24H2,1-9H3,(H,46,58)(H,47,60)(H,48,61)(H,49,57)(H,50,56)(H,51,62)/t29-,30+,31+,32+,33+/m1/s1. The molecule has 0 radical (unpaired) electrons. The van der Waals surface area contributed by atoms with E-state index in [9.17, 15) is 48.9 Å². The Morgan fingerprint density at radius 2 is 1.20 bits per heavy atom. The number of aliphatic hydroxyl groups excluding tert-OH is 1. The number of amides is 7. The van der Waals surface area contributed by atoms with Crippen molar-refractivity contribution in [3.05, 3.63) is 47.5 Å². The lowest BCUT2D eigenvalue weighted by molar-refractivity contribution is -0.142. The number of aliphatic hydroxyl groups is 1. The van der Waals surface area contributed by atoms with E-state index >= 15 is 0 Å². The Balaban J connectivity index is 1.71. The molecule has 358 valence electrons. The lowest BCUT2D eigenvalue weighted by Gasteiger charge is -2.30. The van der Waals surface area contributed by atoms with Crippen LogP contribution >= 0.6 is 0 Å². The molecule has 0 aromatic heterocycles. The number of nitrogens with zero attached hydrogens (tertiary/aromatic N) is 1. The first kappa shape index (κ1) is 51.3. The summed E-state index contributed by atoms with van der Waals surface area (Å²) in [6, 6.07) is 3.70. The van der Waals surface area contributed by atoms with Crippen LogP contribution in [0.3, 0.4) is 0 Å². The fourth-order valence-corrected chi connectivity index (χ4v) is 7.07. The van der Waals surface area contributed by atoms with Gasteiger partial charge in [0.05, 0.1) is 6.10 Å². The van der Waals surface area contributed by atoms with Crippen molar-refractivity contribution in [1.82, 2.24) is 36.8 Å². The Labute approximate surface area is 378 Å². The molecule has 0 aliphatic carbocycles. The zero-order chi connectivity index (χ0) is 48.4. The molecule has 7 amide bonds. The minimum Gasteiger partial charge on any atom is -0.508 e. The van der Waals surface area contributed by atoms with E-state index in [0.717, 1.165) is 4.90 Å². The van der Waals surface area contributed by atoms with Gasteiger partial charge in [-0.05, 0) is 122 Å². The van der Waals surface area contributed by atoms with E-state index in [0.29, 0.717) is 11.1 Å². The molecule has 2 aromatic rings. The Bertz CT molecular complexity index is 2080. The van der Waals surface area contributed by atoms with Gasteiger partial charge in [0, 0.05) is 45.4 Å². The Kier molecular flexibility index (Phi) is 17.0. The van der Waals surface area contributed by atoms with E-state index < -0.39 is 89.0 Å². The molecule has 0 spiro atoms. The quantitative estimate of drug-likeness (QED) is 0.123. The van der Waals surface area contributed by atoms with E-state index in [1.54, 1.807) is 86.6 Å². The molecule has 2 aromatic carbocycles. The zero-order valence-electron chi connectivity index (χ0n) is 38.6. The lowest BCUT2D eigenvalue weighted by atomic mass is 9.95. The van der Waals surface area contributed by atoms with Crippen LogP contribution in [-0.2, 0) is 46.2 Å². The normalized spacial score (nSPS) is 20.5. The highest BCUT2D eigenvalue weighted by atomic mass is 16.6. The minimum absolute atomic E-state index is 0.00471. The summed E-state index contributed by atoms with van der Waals surface area (Å²) in [5.41, 5.74) is -0.957. The van der Waals surface area contributed by atoms with Crippen LogP contribution in [0.15, 0.2) is 36.4 Å². The molecule has 0 unspecified atom stereocenters. The van der Waals surface area contributed by atoms with Crippen molar-refractivity contribution in [3.8, 4) is 22.6 Å². The van der Waals surface area contributed by atoms with Crippen molar-refractivity contribution < 1.29 is 63.1 Å². The molecule has 9 N–H and O–H groups in total. The van der Waals surface area contributed by atoms with Crippen LogP contribution in [0.5, 0.6) is 11.5 Å².